The van der Waals surface area contributed by atoms with E-state index in [0.717, 1.165) is 42.8 Å². The maximum Gasteiger partial charge on any atom is 0.113 e. The molecule has 4 heteroatoms. The van der Waals surface area contributed by atoms with Crippen molar-refractivity contribution in [1.82, 2.24) is 9.55 Å². The SMILES string of the molecule is CCc1cnc(Cn2ccc3c2CCCC3O)s1. The summed E-state index contributed by atoms with van der Waals surface area (Å²) in [7, 11) is 0. The van der Waals surface area contributed by atoms with Gasteiger partial charge < -0.3 is 9.67 Å². The number of aliphatic hydroxyl groups excluding tert-OH is 1. The Hall–Kier alpha value is -1.13. The molecule has 2 aromatic heterocycles. The minimum atomic E-state index is -0.266. The van der Waals surface area contributed by atoms with Gasteiger partial charge in [0.05, 0.1) is 12.6 Å². The molecule has 1 aliphatic rings. The van der Waals surface area contributed by atoms with E-state index in [1.165, 1.54) is 10.6 Å². The first-order valence-corrected chi connectivity index (χ1v) is 7.39. The summed E-state index contributed by atoms with van der Waals surface area (Å²) in [5, 5.41) is 11.1. The molecule has 2 aromatic rings. The summed E-state index contributed by atoms with van der Waals surface area (Å²) in [6, 6.07) is 2.06. The first-order valence-electron chi connectivity index (χ1n) is 6.57. The van der Waals surface area contributed by atoms with E-state index in [4.69, 9.17) is 0 Å². The molecule has 3 nitrogen and oxygen atoms in total. The summed E-state index contributed by atoms with van der Waals surface area (Å²) in [6.07, 6.45) is 7.91. The van der Waals surface area contributed by atoms with Gasteiger partial charge in [0.1, 0.15) is 5.01 Å². The van der Waals surface area contributed by atoms with Gasteiger partial charge in [-0.25, -0.2) is 4.98 Å². The molecule has 0 spiro atoms. The Morgan fingerprint density at radius 2 is 2.44 bits per heavy atom. The average Bonchev–Trinajstić information content (AvgIpc) is 2.98. The molecule has 0 radical (unpaired) electrons. The highest BCUT2D eigenvalue weighted by atomic mass is 32.1. The number of hydrogen-bond acceptors (Lipinski definition) is 3. The van der Waals surface area contributed by atoms with Gasteiger partial charge in [-0.15, -0.1) is 11.3 Å². The summed E-state index contributed by atoms with van der Waals surface area (Å²) in [4.78, 5) is 5.80. The summed E-state index contributed by atoms with van der Waals surface area (Å²) < 4.78 is 2.25. The van der Waals surface area contributed by atoms with E-state index in [9.17, 15) is 5.11 Å². The first kappa shape index (κ1) is 11.9. The van der Waals surface area contributed by atoms with Crippen LogP contribution in [0.4, 0.5) is 0 Å². The molecule has 0 amide bonds. The van der Waals surface area contributed by atoms with Crippen LogP contribution in [0, 0.1) is 0 Å². The molecule has 0 bridgehead atoms. The predicted molar refractivity (Wildman–Crippen MR) is 72.9 cm³/mol. The van der Waals surface area contributed by atoms with Crippen LogP contribution in [0.5, 0.6) is 0 Å². The van der Waals surface area contributed by atoms with Crippen LogP contribution >= 0.6 is 11.3 Å². The second kappa shape index (κ2) is 4.86. The molecular formula is C14H18N2OS. The van der Waals surface area contributed by atoms with Gasteiger partial charge in [-0.2, -0.15) is 0 Å². The predicted octanol–water partition coefficient (Wildman–Crippen LogP) is 2.93. The Morgan fingerprint density at radius 3 is 3.22 bits per heavy atom. The number of rotatable bonds is 3. The van der Waals surface area contributed by atoms with Gasteiger partial charge in [-0.3, -0.25) is 0 Å². The van der Waals surface area contributed by atoms with Gasteiger partial charge in [0.2, 0.25) is 0 Å². The van der Waals surface area contributed by atoms with Crippen molar-refractivity contribution >= 4 is 11.3 Å². The number of fused-ring (bicyclic) bond motifs is 1. The molecule has 1 aliphatic carbocycles. The summed E-state index contributed by atoms with van der Waals surface area (Å²) in [5.74, 6) is 0. The zero-order chi connectivity index (χ0) is 12.5. The zero-order valence-corrected chi connectivity index (χ0v) is 11.4. The monoisotopic (exact) mass is 262 g/mol. The molecule has 1 N–H and O–H groups in total. The molecule has 18 heavy (non-hydrogen) atoms. The van der Waals surface area contributed by atoms with Gasteiger partial charge in [-0.05, 0) is 31.7 Å². The minimum absolute atomic E-state index is 0.266. The molecule has 1 atom stereocenters. The molecule has 0 fully saturated rings. The minimum Gasteiger partial charge on any atom is -0.388 e. The van der Waals surface area contributed by atoms with Crippen LogP contribution in [0.2, 0.25) is 0 Å². The van der Waals surface area contributed by atoms with Gasteiger partial charge in [0.15, 0.2) is 0 Å². The van der Waals surface area contributed by atoms with Crippen molar-refractivity contribution in [2.24, 2.45) is 0 Å². The normalized spacial score (nSPS) is 18.9. The topological polar surface area (TPSA) is 38.0 Å². The molecule has 0 saturated carbocycles. The van der Waals surface area contributed by atoms with Crippen molar-refractivity contribution in [2.45, 2.75) is 45.3 Å². The number of aliphatic hydroxyl groups is 1. The molecule has 96 valence electrons. The summed E-state index contributed by atoms with van der Waals surface area (Å²) in [6.45, 7) is 3.00. The van der Waals surface area contributed by atoms with Crippen LogP contribution in [-0.4, -0.2) is 14.7 Å². The zero-order valence-electron chi connectivity index (χ0n) is 10.6. The fourth-order valence-corrected chi connectivity index (χ4v) is 3.47. The quantitative estimate of drug-likeness (QED) is 0.923. The summed E-state index contributed by atoms with van der Waals surface area (Å²) >= 11 is 1.79. The lowest BCUT2D eigenvalue weighted by molar-refractivity contribution is 0.156. The number of thiazole rings is 1. The number of aryl methyl sites for hydroxylation is 1. The largest absolute Gasteiger partial charge is 0.388 e. The molecule has 2 heterocycles. The maximum absolute atomic E-state index is 9.96. The van der Waals surface area contributed by atoms with Crippen LogP contribution in [0.3, 0.4) is 0 Å². The van der Waals surface area contributed by atoms with E-state index >= 15 is 0 Å². The highest BCUT2D eigenvalue weighted by Crippen LogP contribution is 2.30. The third-order valence-corrected chi connectivity index (χ3v) is 4.75. The van der Waals surface area contributed by atoms with Crippen LogP contribution in [-0.2, 0) is 19.4 Å². The Morgan fingerprint density at radius 1 is 1.56 bits per heavy atom. The highest BCUT2D eigenvalue weighted by molar-refractivity contribution is 7.11. The molecule has 0 aliphatic heterocycles. The van der Waals surface area contributed by atoms with Crippen molar-refractivity contribution in [3.05, 3.63) is 39.6 Å². The van der Waals surface area contributed by atoms with Crippen LogP contribution in [0.1, 0.15) is 47.0 Å². The first-order chi connectivity index (χ1) is 8.78. The van der Waals surface area contributed by atoms with Crippen molar-refractivity contribution in [3.63, 3.8) is 0 Å². The van der Waals surface area contributed by atoms with E-state index in [0.29, 0.717) is 0 Å². The second-order valence-electron chi connectivity index (χ2n) is 4.83. The Kier molecular flexibility index (Phi) is 3.22. The van der Waals surface area contributed by atoms with Crippen LogP contribution < -0.4 is 0 Å². The smallest absolute Gasteiger partial charge is 0.113 e. The number of hydrogen-bond donors (Lipinski definition) is 1. The van der Waals surface area contributed by atoms with Gasteiger partial charge in [-0.1, -0.05) is 6.92 Å². The summed E-state index contributed by atoms with van der Waals surface area (Å²) in [5.41, 5.74) is 2.41. The van der Waals surface area contributed by atoms with Crippen molar-refractivity contribution in [3.8, 4) is 0 Å². The average molecular weight is 262 g/mol. The third-order valence-electron chi connectivity index (χ3n) is 3.62. The van der Waals surface area contributed by atoms with Gasteiger partial charge >= 0.3 is 0 Å². The van der Waals surface area contributed by atoms with Gasteiger partial charge in [0, 0.05) is 28.5 Å². The van der Waals surface area contributed by atoms with Gasteiger partial charge in [0.25, 0.3) is 0 Å². The highest BCUT2D eigenvalue weighted by Gasteiger charge is 2.21. The lowest BCUT2D eigenvalue weighted by atomic mass is 9.95. The van der Waals surface area contributed by atoms with Crippen molar-refractivity contribution in [2.75, 3.05) is 0 Å². The van der Waals surface area contributed by atoms with E-state index < -0.39 is 0 Å². The molecular weight excluding hydrogens is 244 g/mol. The van der Waals surface area contributed by atoms with E-state index in [1.54, 1.807) is 11.3 Å². The lowest BCUT2D eigenvalue weighted by Gasteiger charge is -2.19. The van der Waals surface area contributed by atoms with Crippen LogP contribution in [0.25, 0.3) is 0 Å². The molecule has 0 saturated heterocycles. The van der Waals surface area contributed by atoms with Crippen molar-refractivity contribution < 1.29 is 5.11 Å². The second-order valence-corrected chi connectivity index (χ2v) is 6.03. The standard InChI is InChI=1S/C14H18N2OS/c1-2-10-8-15-14(18-10)9-16-7-6-11-12(16)4-3-5-13(11)17/h6-8,13,17H,2-5,9H2,1H3. The Balaban J connectivity index is 1.85. The Labute approximate surface area is 111 Å². The van der Waals surface area contributed by atoms with E-state index in [-0.39, 0.29) is 6.10 Å². The molecule has 3 rings (SSSR count). The lowest BCUT2D eigenvalue weighted by Crippen LogP contribution is -2.12. The van der Waals surface area contributed by atoms with E-state index in [2.05, 4.69) is 28.7 Å². The fourth-order valence-electron chi connectivity index (χ4n) is 2.61. The van der Waals surface area contributed by atoms with Crippen molar-refractivity contribution in [1.29, 1.82) is 0 Å². The number of nitrogens with zero attached hydrogens (tertiary/aromatic N) is 2. The van der Waals surface area contributed by atoms with E-state index in [1.807, 2.05) is 6.20 Å². The fraction of sp³-hybridized carbons (Fsp3) is 0.500. The third kappa shape index (κ3) is 2.10. The molecule has 1 unspecified atom stereocenters. The Bertz CT molecular complexity index is 544. The number of aromatic nitrogens is 2. The maximum atomic E-state index is 9.96. The van der Waals surface area contributed by atoms with Crippen LogP contribution in [0.15, 0.2) is 18.5 Å². The molecule has 0 aromatic carbocycles.